The first-order chi connectivity index (χ1) is 11.8. The SMILES string of the molecule is CCCc1ccc(-c2sccc2C)c(-c2ccc3[nH]ncc3c2)c1. The van der Waals surface area contributed by atoms with Gasteiger partial charge in [-0.05, 0) is 64.7 Å². The molecule has 3 heteroatoms. The maximum Gasteiger partial charge on any atom is 0.0650 e. The molecular weight excluding hydrogens is 312 g/mol. The molecule has 4 rings (SSSR count). The summed E-state index contributed by atoms with van der Waals surface area (Å²) in [4.78, 5) is 1.36. The molecule has 120 valence electrons. The van der Waals surface area contributed by atoms with Crippen LogP contribution in [-0.2, 0) is 6.42 Å². The van der Waals surface area contributed by atoms with E-state index in [1.54, 1.807) is 0 Å². The van der Waals surface area contributed by atoms with Gasteiger partial charge in [-0.3, -0.25) is 5.10 Å². The van der Waals surface area contributed by atoms with Gasteiger partial charge in [-0.1, -0.05) is 37.6 Å². The Hall–Kier alpha value is -2.39. The minimum absolute atomic E-state index is 1.08. The highest BCUT2D eigenvalue weighted by atomic mass is 32.1. The minimum Gasteiger partial charge on any atom is -0.278 e. The zero-order valence-electron chi connectivity index (χ0n) is 14.0. The van der Waals surface area contributed by atoms with Gasteiger partial charge >= 0.3 is 0 Å². The normalized spacial score (nSPS) is 11.2. The maximum absolute atomic E-state index is 4.15. The zero-order chi connectivity index (χ0) is 16.5. The lowest BCUT2D eigenvalue weighted by Crippen LogP contribution is -1.90. The molecule has 0 amide bonds. The Labute approximate surface area is 146 Å². The summed E-state index contributed by atoms with van der Waals surface area (Å²) in [6.07, 6.45) is 4.17. The van der Waals surface area contributed by atoms with E-state index in [1.165, 1.54) is 32.7 Å². The highest BCUT2D eigenvalue weighted by molar-refractivity contribution is 7.13. The highest BCUT2D eigenvalue weighted by Crippen LogP contribution is 2.38. The van der Waals surface area contributed by atoms with Gasteiger partial charge in [-0.25, -0.2) is 0 Å². The van der Waals surface area contributed by atoms with E-state index >= 15 is 0 Å². The summed E-state index contributed by atoms with van der Waals surface area (Å²) >= 11 is 1.82. The van der Waals surface area contributed by atoms with E-state index in [2.05, 4.69) is 71.9 Å². The molecule has 0 fully saturated rings. The molecule has 1 N–H and O–H groups in total. The lowest BCUT2D eigenvalue weighted by molar-refractivity contribution is 0.922. The van der Waals surface area contributed by atoms with E-state index in [4.69, 9.17) is 0 Å². The number of hydrogen-bond donors (Lipinski definition) is 1. The molecule has 0 aliphatic carbocycles. The van der Waals surface area contributed by atoms with Crippen molar-refractivity contribution in [3.63, 3.8) is 0 Å². The van der Waals surface area contributed by atoms with Gasteiger partial charge in [-0.2, -0.15) is 5.10 Å². The predicted octanol–water partition coefficient (Wildman–Crippen LogP) is 6.22. The number of rotatable bonds is 4. The second kappa shape index (κ2) is 6.25. The van der Waals surface area contributed by atoms with Crippen molar-refractivity contribution in [1.29, 1.82) is 0 Å². The second-order valence-electron chi connectivity index (χ2n) is 6.23. The molecule has 2 nitrogen and oxygen atoms in total. The third-order valence-electron chi connectivity index (χ3n) is 4.48. The van der Waals surface area contributed by atoms with Crippen LogP contribution >= 0.6 is 11.3 Å². The molecule has 0 saturated carbocycles. The standard InChI is InChI=1S/C21H20N2S/c1-3-4-15-5-7-18(21-14(2)9-10-24-21)19(11-15)16-6-8-20-17(12-16)13-22-23-20/h5-13H,3-4H2,1-2H3,(H,22,23). The fourth-order valence-corrected chi connectivity index (χ4v) is 4.20. The summed E-state index contributed by atoms with van der Waals surface area (Å²) in [6, 6.07) is 15.7. The summed E-state index contributed by atoms with van der Waals surface area (Å²) in [5, 5.41) is 10.5. The molecule has 4 aromatic rings. The van der Waals surface area contributed by atoms with E-state index in [9.17, 15) is 0 Å². The third-order valence-corrected chi connectivity index (χ3v) is 5.53. The summed E-state index contributed by atoms with van der Waals surface area (Å²) in [7, 11) is 0. The molecule has 0 radical (unpaired) electrons. The molecule has 0 aliphatic rings. The van der Waals surface area contributed by atoms with Crippen LogP contribution in [0.5, 0.6) is 0 Å². The summed E-state index contributed by atoms with van der Waals surface area (Å²) < 4.78 is 0. The Kier molecular flexibility index (Phi) is 3.95. The lowest BCUT2D eigenvalue weighted by Gasteiger charge is -2.12. The van der Waals surface area contributed by atoms with Gasteiger partial charge in [0.15, 0.2) is 0 Å². The van der Waals surface area contributed by atoms with Crippen LogP contribution in [0.3, 0.4) is 0 Å². The van der Waals surface area contributed by atoms with Crippen molar-refractivity contribution in [3.8, 4) is 21.6 Å². The Morgan fingerprint density at radius 1 is 1.04 bits per heavy atom. The number of aromatic nitrogens is 2. The number of nitrogens with one attached hydrogen (secondary N) is 1. The molecule has 2 aromatic carbocycles. The average molecular weight is 332 g/mol. The summed E-state index contributed by atoms with van der Waals surface area (Å²) in [5.41, 5.74) is 7.72. The number of fused-ring (bicyclic) bond motifs is 1. The van der Waals surface area contributed by atoms with E-state index in [-0.39, 0.29) is 0 Å². The molecule has 24 heavy (non-hydrogen) atoms. The largest absolute Gasteiger partial charge is 0.278 e. The van der Waals surface area contributed by atoms with Gasteiger partial charge < -0.3 is 0 Å². The molecular formula is C21H20N2S. The first kappa shape index (κ1) is 15.2. The quantitative estimate of drug-likeness (QED) is 0.472. The van der Waals surface area contributed by atoms with Gasteiger partial charge in [0.05, 0.1) is 11.7 Å². The number of aromatic amines is 1. The van der Waals surface area contributed by atoms with Crippen molar-refractivity contribution in [2.24, 2.45) is 0 Å². The number of nitrogens with zero attached hydrogens (tertiary/aromatic N) is 1. The van der Waals surface area contributed by atoms with Gasteiger partial charge in [0.1, 0.15) is 0 Å². The van der Waals surface area contributed by atoms with E-state index in [1.807, 2.05) is 17.5 Å². The summed E-state index contributed by atoms with van der Waals surface area (Å²) in [6.45, 7) is 4.42. The smallest absolute Gasteiger partial charge is 0.0650 e. The Balaban J connectivity index is 1.93. The van der Waals surface area contributed by atoms with Crippen LogP contribution in [-0.4, -0.2) is 10.2 Å². The second-order valence-corrected chi connectivity index (χ2v) is 7.15. The number of hydrogen-bond acceptors (Lipinski definition) is 2. The minimum atomic E-state index is 1.08. The molecule has 2 heterocycles. The van der Waals surface area contributed by atoms with Gasteiger partial charge in [0.2, 0.25) is 0 Å². The lowest BCUT2D eigenvalue weighted by atomic mass is 9.93. The fourth-order valence-electron chi connectivity index (χ4n) is 3.23. The van der Waals surface area contributed by atoms with Crippen molar-refractivity contribution in [2.45, 2.75) is 26.7 Å². The van der Waals surface area contributed by atoms with Crippen molar-refractivity contribution in [3.05, 3.63) is 65.2 Å². The Bertz CT molecular complexity index is 994. The molecule has 0 bridgehead atoms. The third kappa shape index (κ3) is 2.65. The number of H-pyrrole nitrogens is 1. The maximum atomic E-state index is 4.15. The van der Waals surface area contributed by atoms with E-state index in [0.29, 0.717) is 0 Å². The molecule has 0 saturated heterocycles. The monoisotopic (exact) mass is 332 g/mol. The molecule has 0 aliphatic heterocycles. The Morgan fingerprint density at radius 3 is 2.75 bits per heavy atom. The van der Waals surface area contributed by atoms with E-state index < -0.39 is 0 Å². The van der Waals surface area contributed by atoms with Crippen LogP contribution in [0.15, 0.2) is 54.0 Å². The van der Waals surface area contributed by atoms with Crippen LogP contribution in [0.1, 0.15) is 24.5 Å². The van der Waals surface area contributed by atoms with Gasteiger partial charge in [0.25, 0.3) is 0 Å². The summed E-state index contributed by atoms with van der Waals surface area (Å²) in [5.74, 6) is 0. The fraction of sp³-hybridized carbons (Fsp3) is 0.190. The molecule has 0 atom stereocenters. The van der Waals surface area contributed by atoms with Crippen molar-refractivity contribution in [2.75, 3.05) is 0 Å². The average Bonchev–Trinajstić information content (AvgIpc) is 3.23. The molecule has 0 unspecified atom stereocenters. The van der Waals surface area contributed by atoms with Crippen molar-refractivity contribution >= 4 is 22.2 Å². The van der Waals surface area contributed by atoms with Crippen LogP contribution < -0.4 is 0 Å². The van der Waals surface area contributed by atoms with Crippen molar-refractivity contribution < 1.29 is 0 Å². The van der Waals surface area contributed by atoms with E-state index in [0.717, 1.165) is 23.7 Å². The van der Waals surface area contributed by atoms with Gasteiger partial charge in [-0.15, -0.1) is 11.3 Å². The molecule has 2 aromatic heterocycles. The van der Waals surface area contributed by atoms with Crippen molar-refractivity contribution in [1.82, 2.24) is 10.2 Å². The Morgan fingerprint density at radius 2 is 1.96 bits per heavy atom. The predicted molar refractivity (Wildman–Crippen MR) is 104 cm³/mol. The van der Waals surface area contributed by atoms with Crippen LogP contribution in [0, 0.1) is 6.92 Å². The topological polar surface area (TPSA) is 28.7 Å². The number of aryl methyl sites for hydroxylation is 2. The van der Waals surface area contributed by atoms with Crippen LogP contribution in [0.4, 0.5) is 0 Å². The molecule has 0 spiro atoms. The van der Waals surface area contributed by atoms with Crippen LogP contribution in [0.25, 0.3) is 32.5 Å². The number of thiophene rings is 1. The first-order valence-electron chi connectivity index (χ1n) is 8.37. The number of benzene rings is 2. The van der Waals surface area contributed by atoms with Gasteiger partial charge in [0, 0.05) is 10.3 Å². The van der Waals surface area contributed by atoms with Crippen LogP contribution in [0.2, 0.25) is 0 Å². The first-order valence-corrected chi connectivity index (χ1v) is 9.25. The zero-order valence-corrected chi connectivity index (χ0v) is 14.8. The highest BCUT2D eigenvalue weighted by Gasteiger charge is 2.12.